The smallest absolute Gasteiger partial charge is 0.324 e. The average molecular weight is 451 g/mol. The molecule has 0 aromatic heterocycles. The summed E-state index contributed by atoms with van der Waals surface area (Å²) >= 11 is 0. The maximum absolute atomic E-state index is 12.8. The normalized spacial score (nSPS) is 16.3. The van der Waals surface area contributed by atoms with Crippen LogP contribution in [-0.4, -0.2) is 29.1 Å². The molecule has 3 aromatic carbocycles. The Labute approximate surface area is 188 Å². The van der Waals surface area contributed by atoms with Gasteiger partial charge in [0.15, 0.2) is 0 Å². The molecule has 168 valence electrons. The van der Waals surface area contributed by atoms with Gasteiger partial charge in [-0.15, -0.1) is 0 Å². The van der Waals surface area contributed by atoms with Gasteiger partial charge in [0.2, 0.25) is 11.8 Å². The monoisotopic (exact) mass is 451 g/mol. The summed E-state index contributed by atoms with van der Waals surface area (Å²) in [6, 6.07) is 23.1. The van der Waals surface area contributed by atoms with Crippen LogP contribution in [0.4, 0.5) is 18.9 Å². The minimum absolute atomic E-state index is 0.144. The number of benzene rings is 3. The summed E-state index contributed by atoms with van der Waals surface area (Å²) in [6.45, 7) is -0.350. The fraction of sp³-hybridized carbons (Fsp3) is 0.160. The summed E-state index contributed by atoms with van der Waals surface area (Å²) in [5, 5.41) is 8.14. The fourth-order valence-corrected chi connectivity index (χ4v) is 3.66. The van der Waals surface area contributed by atoms with Crippen LogP contribution in [0.25, 0.3) is 0 Å². The van der Waals surface area contributed by atoms with Crippen molar-refractivity contribution in [3.63, 3.8) is 0 Å². The van der Waals surface area contributed by atoms with E-state index in [2.05, 4.69) is 10.4 Å². The number of anilines is 1. The Kier molecular flexibility index (Phi) is 6.26. The summed E-state index contributed by atoms with van der Waals surface area (Å²) in [6.07, 6.45) is -4.31. The Balaban J connectivity index is 1.54. The van der Waals surface area contributed by atoms with Crippen LogP contribution in [0.5, 0.6) is 0 Å². The lowest BCUT2D eigenvalue weighted by Crippen LogP contribution is -2.40. The second kappa shape index (κ2) is 9.28. The number of nitrogens with zero attached hydrogens (tertiary/aromatic N) is 2. The molecule has 0 saturated heterocycles. The summed E-state index contributed by atoms with van der Waals surface area (Å²) in [5.41, 5.74) is 1.85. The molecule has 1 aliphatic heterocycles. The first-order valence-corrected chi connectivity index (χ1v) is 10.3. The van der Waals surface area contributed by atoms with Crippen LogP contribution >= 0.6 is 0 Å². The zero-order chi connectivity index (χ0) is 23.4. The molecule has 2 amide bonds. The Morgan fingerprint density at radius 2 is 1.55 bits per heavy atom. The maximum Gasteiger partial charge on any atom is 0.416 e. The van der Waals surface area contributed by atoms with Crippen molar-refractivity contribution in [2.45, 2.75) is 18.5 Å². The number of amides is 2. The van der Waals surface area contributed by atoms with E-state index in [1.165, 1.54) is 12.1 Å². The largest absolute Gasteiger partial charge is 0.416 e. The topological polar surface area (TPSA) is 61.8 Å². The van der Waals surface area contributed by atoms with Crippen molar-refractivity contribution in [3.05, 3.63) is 102 Å². The average Bonchev–Trinajstić information content (AvgIpc) is 2.81. The molecule has 0 spiro atoms. The minimum atomic E-state index is -4.46. The molecule has 0 aliphatic carbocycles. The quantitative estimate of drug-likeness (QED) is 0.589. The molecule has 1 atom stereocenters. The fourth-order valence-electron chi connectivity index (χ4n) is 3.66. The summed E-state index contributed by atoms with van der Waals surface area (Å²) in [4.78, 5) is 25.3. The van der Waals surface area contributed by atoms with Crippen molar-refractivity contribution in [2.75, 3.05) is 11.9 Å². The molecule has 8 heteroatoms. The summed E-state index contributed by atoms with van der Waals surface area (Å²) < 4.78 is 38.2. The van der Waals surface area contributed by atoms with Gasteiger partial charge in [-0.1, -0.05) is 60.7 Å². The zero-order valence-corrected chi connectivity index (χ0v) is 17.4. The van der Waals surface area contributed by atoms with E-state index in [1.807, 2.05) is 60.7 Å². The van der Waals surface area contributed by atoms with Crippen LogP contribution in [0.15, 0.2) is 90.0 Å². The van der Waals surface area contributed by atoms with Gasteiger partial charge in [-0.25, -0.2) is 5.01 Å². The van der Waals surface area contributed by atoms with E-state index in [9.17, 15) is 22.8 Å². The van der Waals surface area contributed by atoms with Crippen molar-refractivity contribution in [3.8, 4) is 0 Å². The van der Waals surface area contributed by atoms with E-state index >= 15 is 0 Å². The molecule has 3 aromatic rings. The van der Waals surface area contributed by atoms with E-state index < -0.39 is 17.6 Å². The first-order valence-electron chi connectivity index (χ1n) is 10.3. The Morgan fingerprint density at radius 1 is 0.939 bits per heavy atom. The van der Waals surface area contributed by atoms with Gasteiger partial charge in [0, 0.05) is 18.0 Å². The molecule has 0 fully saturated rings. The molecule has 0 saturated carbocycles. The number of hydrogen-bond donors (Lipinski definition) is 1. The number of hydrazone groups is 1. The van der Waals surface area contributed by atoms with E-state index in [0.29, 0.717) is 5.71 Å². The van der Waals surface area contributed by atoms with Crippen molar-refractivity contribution < 1.29 is 22.8 Å². The van der Waals surface area contributed by atoms with Crippen LogP contribution in [0.3, 0.4) is 0 Å². The molecule has 4 rings (SSSR count). The second-order valence-electron chi connectivity index (χ2n) is 7.59. The lowest BCUT2D eigenvalue weighted by atomic mass is 9.86. The number of alkyl halides is 3. The van der Waals surface area contributed by atoms with Crippen molar-refractivity contribution in [2.24, 2.45) is 5.10 Å². The van der Waals surface area contributed by atoms with Crippen LogP contribution < -0.4 is 5.32 Å². The molecule has 1 unspecified atom stereocenters. The summed E-state index contributed by atoms with van der Waals surface area (Å²) in [5.74, 6) is -1.13. The molecule has 1 aliphatic rings. The third-order valence-electron chi connectivity index (χ3n) is 5.29. The highest BCUT2D eigenvalue weighted by Gasteiger charge is 2.32. The highest BCUT2D eigenvalue weighted by atomic mass is 19.4. The third-order valence-corrected chi connectivity index (χ3v) is 5.29. The number of hydrogen-bond acceptors (Lipinski definition) is 3. The maximum atomic E-state index is 12.8. The highest BCUT2D eigenvalue weighted by Crippen LogP contribution is 2.31. The van der Waals surface area contributed by atoms with Crippen molar-refractivity contribution in [1.29, 1.82) is 0 Å². The zero-order valence-electron chi connectivity index (χ0n) is 17.4. The first-order chi connectivity index (χ1) is 15.8. The van der Waals surface area contributed by atoms with Gasteiger partial charge >= 0.3 is 6.18 Å². The Hall–Kier alpha value is -3.94. The third kappa shape index (κ3) is 5.28. The van der Waals surface area contributed by atoms with Crippen molar-refractivity contribution >= 4 is 23.2 Å². The lowest BCUT2D eigenvalue weighted by molar-refractivity contribution is -0.137. The van der Waals surface area contributed by atoms with Gasteiger partial charge in [-0.3, -0.25) is 9.59 Å². The van der Waals surface area contributed by atoms with E-state index in [1.54, 1.807) is 0 Å². The Bertz CT molecular complexity index is 1160. The Morgan fingerprint density at radius 3 is 2.15 bits per heavy atom. The van der Waals surface area contributed by atoms with Crippen LogP contribution in [-0.2, 0) is 15.8 Å². The van der Waals surface area contributed by atoms with Crippen molar-refractivity contribution in [1.82, 2.24) is 5.01 Å². The van der Waals surface area contributed by atoms with Gasteiger partial charge in [0.05, 0.1) is 11.3 Å². The van der Waals surface area contributed by atoms with Gasteiger partial charge in [0.1, 0.15) is 6.54 Å². The SMILES string of the molecule is O=C(CN1N=C(c2ccccc2)C(c2ccccc2)CC1=O)Nc1ccc(C(F)(F)F)cc1. The number of nitrogens with one attached hydrogen (secondary N) is 1. The van der Waals surface area contributed by atoms with E-state index in [4.69, 9.17) is 0 Å². The lowest BCUT2D eigenvalue weighted by Gasteiger charge is -2.29. The molecular weight excluding hydrogens is 431 g/mol. The number of rotatable bonds is 5. The number of carbonyl (C=O) groups excluding carboxylic acids is 2. The molecule has 1 N–H and O–H groups in total. The molecule has 0 radical (unpaired) electrons. The minimum Gasteiger partial charge on any atom is -0.324 e. The predicted octanol–water partition coefficient (Wildman–Crippen LogP) is 5.06. The van der Waals surface area contributed by atoms with Gasteiger partial charge < -0.3 is 5.32 Å². The van der Waals surface area contributed by atoms with E-state index in [0.717, 1.165) is 28.3 Å². The van der Waals surface area contributed by atoms with Crippen LogP contribution in [0, 0.1) is 0 Å². The number of halogens is 3. The molecule has 5 nitrogen and oxygen atoms in total. The second-order valence-corrected chi connectivity index (χ2v) is 7.59. The standard InChI is InChI=1S/C25H20F3N3O2/c26-25(27,28)19-11-13-20(14-12-19)29-22(32)16-31-23(33)15-21(17-7-3-1-4-8-17)24(30-31)18-9-5-2-6-10-18/h1-14,21H,15-16H2,(H,29,32). The molecule has 33 heavy (non-hydrogen) atoms. The first kappa shape index (κ1) is 22.3. The van der Waals surface area contributed by atoms with Crippen LogP contribution in [0.1, 0.15) is 29.0 Å². The van der Waals surface area contributed by atoms with Gasteiger partial charge in [-0.2, -0.15) is 18.3 Å². The number of carbonyl (C=O) groups is 2. The summed E-state index contributed by atoms with van der Waals surface area (Å²) in [7, 11) is 0. The molecule has 0 bridgehead atoms. The molecular formula is C25H20F3N3O2. The van der Waals surface area contributed by atoms with E-state index in [-0.39, 0.29) is 30.5 Å². The van der Waals surface area contributed by atoms with Crippen LogP contribution in [0.2, 0.25) is 0 Å². The van der Waals surface area contributed by atoms with Gasteiger partial charge in [0.25, 0.3) is 0 Å². The molecule has 1 heterocycles. The van der Waals surface area contributed by atoms with Gasteiger partial charge in [-0.05, 0) is 35.4 Å². The highest BCUT2D eigenvalue weighted by molar-refractivity contribution is 6.09. The predicted molar refractivity (Wildman–Crippen MR) is 119 cm³/mol.